The Bertz CT molecular complexity index is 807. The number of carbonyl (C=O) groups is 2. The summed E-state index contributed by atoms with van der Waals surface area (Å²) in [6.07, 6.45) is 3.21. The molecule has 2 rings (SSSR count). The smallest absolute Gasteiger partial charge is 0.251 e. The molecule has 2 amide bonds. The number of ether oxygens (including phenoxy) is 1. The Morgan fingerprint density at radius 3 is 2.85 bits per heavy atom. The number of benzene rings is 1. The van der Waals surface area contributed by atoms with Crippen LogP contribution < -0.4 is 10.6 Å². The number of fused-ring (bicyclic) bond motifs is 1. The molecule has 1 atom stereocenters. The number of carbonyl (C=O) groups excluding carboxylic acids is 2. The van der Waals surface area contributed by atoms with E-state index < -0.39 is 6.04 Å². The molecule has 2 aromatic rings. The zero-order valence-corrected chi connectivity index (χ0v) is 15.1. The van der Waals surface area contributed by atoms with Crippen molar-refractivity contribution in [1.82, 2.24) is 15.2 Å². The predicted molar refractivity (Wildman–Crippen MR) is 98.6 cm³/mol. The highest BCUT2D eigenvalue weighted by Crippen LogP contribution is 2.18. The van der Waals surface area contributed by atoms with Crippen molar-refractivity contribution in [2.24, 2.45) is 0 Å². The van der Waals surface area contributed by atoms with Gasteiger partial charge in [-0.3, -0.25) is 9.59 Å². The molecule has 0 saturated heterocycles. The molecule has 0 spiro atoms. The molecule has 0 aliphatic rings. The van der Waals surface area contributed by atoms with Crippen molar-refractivity contribution in [3.05, 3.63) is 36.0 Å². The van der Waals surface area contributed by atoms with Crippen LogP contribution in [0.15, 0.2) is 30.5 Å². The second-order valence-electron chi connectivity index (χ2n) is 5.97. The van der Waals surface area contributed by atoms with Crippen molar-refractivity contribution in [2.75, 3.05) is 20.3 Å². The zero-order chi connectivity index (χ0) is 18.9. The van der Waals surface area contributed by atoms with E-state index in [9.17, 15) is 9.59 Å². The lowest BCUT2D eigenvalue weighted by molar-refractivity contribution is -0.122. The number of rotatable bonds is 9. The highest BCUT2D eigenvalue weighted by molar-refractivity contribution is 6.00. The molecule has 1 heterocycles. The van der Waals surface area contributed by atoms with Crippen LogP contribution in [0.25, 0.3) is 10.9 Å². The molecule has 0 fully saturated rings. The number of amides is 2. The van der Waals surface area contributed by atoms with Crippen molar-refractivity contribution < 1.29 is 14.3 Å². The van der Waals surface area contributed by atoms with Crippen molar-refractivity contribution in [2.45, 2.75) is 32.4 Å². The summed E-state index contributed by atoms with van der Waals surface area (Å²) in [5.41, 5.74) is 1.52. The van der Waals surface area contributed by atoms with Crippen molar-refractivity contribution in [1.29, 1.82) is 5.26 Å². The Labute approximate surface area is 152 Å². The van der Waals surface area contributed by atoms with Gasteiger partial charge >= 0.3 is 0 Å². The minimum absolute atomic E-state index is 0.0735. The van der Waals surface area contributed by atoms with E-state index in [2.05, 4.69) is 15.2 Å². The molecule has 26 heavy (non-hydrogen) atoms. The number of nitrogens with zero attached hydrogens (tertiary/aromatic N) is 2. The first-order chi connectivity index (χ1) is 12.6. The molecule has 7 heteroatoms. The quantitative estimate of drug-likeness (QED) is 0.670. The molecule has 1 aromatic heterocycles. The molecule has 7 nitrogen and oxygen atoms in total. The summed E-state index contributed by atoms with van der Waals surface area (Å²) in [4.78, 5) is 24.6. The Morgan fingerprint density at radius 1 is 1.35 bits per heavy atom. The summed E-state index contributed by atoms with van der Waals surface area (Å²) < 4.78 is 7.17. The van der Waals surface area contributed by atoms with Gasteiger partial charge < -0.3 is 19.9 Å². The van der Waals surface area contributed by atoms with Gasteiger partial charge in [-0.1, -0.05) is 13.3 Å². The molecule has 1 aromatic carbocycles. The number of hydrogen-bond donors (Lipinski definition) is 2. The van der Waals surface area contributed by atoms with Gasteiger partial charge in [0.15, 0.2) is 0 Å². The van der Waals surface area contributed by atoms with Crippen LogP contribution in [0.1, 0.15) is 30.1 Å². The molecule has 0 saturated carbocycles. The van der Waals surface area contributed by atoms with E-state index in [0.717, 1.165) is 23.9 Å². The van der Waals surface area contributed by atoms with Gasteiger partial charge in [-0.25, -0.2) is 0 Å². The van der Waals surface area contributed by atoms with Crippen LogP contribution in [-0.4, -0.2) is 42.7 Å². The van der Waals surface area contributed by atoms with Gasteiger partial charge in [-0.2, -0.15) is 5.26 Å². The summed E-state index contributed by atoms with van der Waals surface area (Å²) in [6, 6.07) is 8.61. The standard InChI is InChI=1S/C19H24N4O3/c1-3-4-16(19(25)21-9-8-20)22-18(24)15-5-6-17-14(13-15)7-10-23(17)11-12-26-2/h5-7,10,13,16H,3-4,9,11-12H2,1-2H3,(H,21,25)(H,22,24). The van der Waals surface area contributed by atoms with E-state index >= 15 is 0 Å². The molecule has 0 aliphatic heterocycles. The Balaban J connectivity index is 2.12. The average Bonchev–Trinajstić information content (AvgIpc) is 3.06. The van der Waals surface area contributed by atoms with Crippen molar-refractivity contribution >= 4 is 22.7 Å². The molecule has 0 bridgehead atoms. The van der Waals surface area contributed by atoms with Gasteiger partial charge in [0, 0.05) is 36.3 Å². The first kappa shape index (κ1) is 19.5. The third-order valence-electron chi connectivity index (χ3n) is 4.11. The van der Waals surface area contributed by atoms with Crippen LogP contribution in [-0.2, 0) is 16.1 Å². The third kappa shape index (κ3) is 4.83. The van der Waals surface area contributed by atoms with Crippen LogP contribution in [0.2, 0.25) is 0 Å². The van der Waals surface area contributed by atoms with Crippen LogP contribution in [0.4, 0.5) is 0 Å². The lowest BCUT2D eigenvalue weighted by atomic mass is 10.1. The molecule has 2 N–H and O–H groups in total. The van der Waals surface area contributed by atoms with Gasteiger partial charge in [-0.05, 0) is 30.7 Å². The highest BCUT2D eigenvalue weighted by Gasteiger charge is 2.20. The van der Waals surface area contributed by atoms with E-state index in [1.807, 2.05) is 37.4 Å². The van der Waals surface area contributed by atoms with Crippen molar-refractivity contribution in [3.63, 3.8) is 0 Å². The summed E-state index contributed by atoms with van der Waals surface area (Å²) >= 11 is 0. The maximum Gasteiger partial charge on any atom is 0.251 e. The Hall–Kier alpha value is -2.85. The van der Waals surface area contributed by atoms with Gasteiger partial charge in [0.1, 0.15) is 12.6 Å². The SMILES string of the molecule is CCCC(NC(=O)c1ccc2c(ccn2CCOC)c1)C(=O)NCC#N. The van der Waals surface area contributed by atoms with Gasteiger partial charge in [-0.15, -0.1) is 0 Å². The monoisotopic (exact) mass is 356 g/mol. The van der Waals surface area contributed by atoms with Gasteiger partial charge in [0.25, 0.3) is 5.91 Å². The fraction of sp³-hybridized carbons (Fsp3) is 0.421. The summed E-state index contributed by atoms with van der Waals surface area (Å²) in [7, 11) is 1.66. The van der Waals surface area contributed by atoms with Gasteiger partial charge in [0.2, 0.25) is 5.91 Å². The molecule has 0 aliphatic carbocycles. The van der Waals surface area contributed by atoms with Crippen molar-refractivity contribution in [3.8, 4) is 6.07 Å². The molecule has 0 radical (unpaired) electrons. The minimum atomic E-state index is -0.650. The fourth-order valence-corrected chi connectivity index (χ4v) is 2.77. The van der Waals surface area contributed by atoms with E-state index in [1.165, 1.54) is 0 Å². The summed E-state index contributed by atoms with van der Waals surface area (Å²) in [5, 5.41) is 14.8. The number of aromatic nitrogens is 1. The molecule has 138 valence electrons. The summed E-state index contributed by atoms with van der Waals surface area (Å²) in [6.45, 7) is 3.22. The maximum absolute atomic E-state index is 12.5. The second-order valence-corrected chi connectivity index (χ2v) is 5.97. The van der Waals surface area contributed by atoms with Crippen LogP contribution in [0.3, 0.4) is 0 Å². The largest absolute Gasteiger partial charge is 0.383 e. The lowest BCUT2D eigenvalue weighted by Gasteiger charge is -2.17. The normalized spacial score (nSPS) is 11.7. The zero-order valence-electron chi connectivity index (χ0n) is 15.1. The second kappa shape index (κ2) is 9.59. The van der Waals surface area contributed by atoms with E-state index in [1.54, 1.807) is 13.2 Å². The van der Waals surface area contributed by atoms with Crippen LogP contribution >= 0.6 is 0 Å². The minimum Gasteiger partial charge on any atom is -0.383 e. The topological polar surface area (TPSA) is 96.2 Å². The fourth-order valence-electron chi connectivity index (χ4n) is 2.77. The Kier molecular flexibility index (Phi) is 7.18. The highest BCUT2D eigenvalue weighted by atomic mass is 16.5. The lowest BCUT2D eigenvalue weighted by Crippen LogP contribution is -2.46. The Morgan fingerprint density at radius 2 is 2.15 bits per heavy atom. The third-order valence-corrected chi connectivity index (χ3v) is 4.11. The average molecular weight is 356 g/mol. The van der Waals surface area contributed by atoms with E-state index in [0.29, 0.717) is 18.6 Å². The molecule has 1 unspecified atom stereocenters. The number of nitrogens with one attached hydrogen (secondary N) is 2. The first-order valence-electron chi connectivity index (χ1n) is 8.64. The van der Waals surface area contributed by atoms with Crippen LogP contribution in [0, 0.1) is 11.3 Å². The summed E-state index contributed by atoms with van der Waals surface area (Å²) in [5.74, 6) is -0.643. The molecular formula is C19H24N4O3. The van der Waals surface area contributed by atoms with E-state index in [-0.39, 0.29) is 18.4 Å². The number of methoxy groups -OCH3 is 1. The maximum atomic E-state index is 12.5. The van der Waals surface area contributed by atoms with Gasteiger partial charge in [0.05, 0.1) is 12.7 Å². The number of nitriles is 1. The number of hydrogen-bond acceptors (Lipinski definition) is 4. The molecular weight excluding hydrogens is 332 g/mol. The van der Waals surface area contributed by atoms with Crippen LogP contribution in [0.5, 0.6) is 0 Å². The van der Waals surface area contributed by atoms with E-state index in [4.69, 9.17) is 10.00 Å². The first-order valence-corrected chi connectivity index (χ1v) is 8.64. The predicted octanol–water partition coefficient (Wildman–Crippen LogP) is 1.83.